The number of methoxy groups -OCH3 is 1. The summed E-state index contributed by atoms with van der Waals surface area (Å²) in [6, 6.07) is 23.7. The summed E-state index contributed by atoms with van der Waals surface area (Å²) >= 11 is 0. The van der Waals surface area contributed by atoms with Crippen LogP contribution in [0.1, 0.15) is 24.1 Å². The fourth-order valence-corrected chi connectivity index (χ4v) is 3.76. The third-order valence-corrected chi connectivity index (χ3v) is 5.35. The Balaban J connectivity index is 1.39. The van der Waals surface area contributed by atoms with E-state index in [0.29, 0.717) is 6.04 Å². The summed E-state index contributed by atoms with van der Waals surface area (Å²) in [5.41, 5.74) is 6.33. The summed E-state index contributed by atoms with van der Waals surface area (Å²) < 4.78 is 5.25. The number of rotatable bonds is 6. The Kier molecular flexibility index (Phi) is 5.83. The van der Waals surface area contributed by atoms with Gasteiger partial charge < -0.3 is 10.1 Å². The molecular formula is C25H26N2O. The highest BCUT2D eigenvalue weighted by Gasteiger charge is 2.16. The minimum atomic E-state index is 0.492. The van der Waals surface area contributed by atoms with Crippen molar-refractivity contribution in [1.29, 1.82) is 0 Å². The van der Waals surface area contributed by atoms with Gasteiger partial charge in [-0.2, -0.15) is 0 Å². The minimum absolute atomic E-state index is 0.492. The van der Waals surface area contributed by atoms with E-state index < -0.39 is 0 Å². The SMILES string of the molecule is COc1ccc(-c2ccnc(CCC3CC(c4ccccc4)=CCN3)c2)cc1. The van der Waals surface area contributed by atoms with Gasteiger partial charge in [-0.3, -0.25) is 4.98 Å². The highest BCUT2D eigenvalue weighted by Crippen LogP contribution is 2.25. The van der Waals surface area contributed by atoms with Crippen LogP contribution in [0, 0.1) is 0 Å². The van der Waals surface area contributed by atoms with Crippen LogP contribution < -0.4 is 10.1 Å². The van der Waals surface area contributed by atoms with Crippen LogP contribution in [-0.4, -0.2) is 24.7 Å². The second kappa shape index (κ2) is 8.85. The average Bonchev–Trinajstić information content (AvgIpc) is 2.79. The van der Waals surface area contributed by atoms with E-state index in [9.17, 15) is 0 Å². The van der Waals surface area contributed by atoms with Crippen molar-refractivity contribution >= 4 is 5.57 Å². The van der Waals surface area contributed by atoms with Gasteiger partial charge in [-0.1, -0.05) is 48.5 Å². The molecule has 142 valence electrons. The highest BCUT2D eigenvalue weighted by molar-refractivity contribution is 5.67. The molecule has 0 saturated carbocycles. The third-order valence-electron chi connectivity index (χ3n) is 5.35. The van der Waals surface area contributed by atoms with E-state index in [-0.39, 0.29) is 0 Å². The van der Waals surface area contributed by atoms with Crippen molar-refractivity contribution in [3.8, 4) is 16.9 Å². The van der Waals surface area contributed by atoms with Crippen molar-refractivity contribution in [1.82, 2.24) is 10.3 Å². The van der Waals surface area contributed by atoms with Gasteiger partial charge in [0.1, 0.15) is 5.75 Å². The van der Waals surface area contributed by atoms with Crippen molar-refractivity contribution in [3.05, 3.63) is 90.3 Å². The molecule has 0 bridgehead atoms. The monoisotopic (exact) mass is 370 g/mol. The van der Waals surface area contributed by atoms with Gasteiger partial charge in [0, 0.05) is 24.5 Å². The lowest BCUT2D eigenvalue weighted by Gasteiger charge is -2.24. The molecule has 0 spiro atoms. The molecule has 1 aliphatic heterocycles. The number of ether oxygens (including phenoxy) is 1. The van der Waals surface area contributed by atoms with Crippen LogP contribution in [0.3, 0.4) is 0 Å². The van der Waals surface area contributed by atoms with Gasteiger partial charge in [0.15, 0.2) is 0 Å². The molecule has 2 heterocycles. The van der Waals surface area contributed by atoms with Gasteiger partial charge in [-0.05, 0) is 65.8 Å². The first kappa shape index (κ1) is 18.5. The first-order valence-corrected chi connectivity index (χ1v) is 9.89. The minimum Gasteiger partial charge on any atom is -0.497 e. The van der Waals surface area contributed by atoms with Crippen LogP contribution in [0.15, 0.2) is 79.0 Å². The Hall–Kier alpha value is -2.91. The molecule has 0 saturated heterocycles. The number of pyridine rings is 1. The molecule has 0 amide bonds. The van der Waals surface area contributed by atoms with Crippen molar-refractivity contribution in [2.75, 3.05) is 13.7 Å². The zero-order valence-electron chi connectivity index (χ0n) is 16.3. The summed E-state index contributed by atoms with van der Waals surface area (Å²) in [5, 5.41) is 3.63. The van der Waals surface area contributed by atoms with Crippen molar-refractivity contribution < 1.29 is 4.74 Å². The smallest absolute Gasteiger partial charge is 0.118 e. The summed E-state index contributed by atoms with van der Waals surface area (Å²) in [4.78, 5) is 4.59. The van der Waals surface area contributed by atoms with Gasteiger partial charge in [0.25, 0.3) is 0 Å². The molecule has 1 unspecified atom stereocenters. The zero-order valence-corrected chi connectivity index (χ0v) is 16.3. The number of hydrogen-bond donors (Lipinski definition) is 1. The Morgan fingerprint density at radius 1 is 0.964 bits per heavy atom. The zero-order chi connectivity index (χ0) is 19.2. The van der Waals surface area contributed by atoms with Crippen molar-refractivity contribution in [3.63, 3.8) is 0 Å². The number of nitrogens with one attached hydrogen (secondary N) is 1. The van der Waals surface area contributed by atoms with Crippen LogP contribution in [-0.2, 0) is 6.42 Å². The van der Waals surface area contributed by atoms with E-state index in [0.717, 1.165) is 37.3 Å². The standard InChI is InChI=1S/C25H26N2O/c1-28-25-11-7-20(8-12-25)22-14-16-27-24(18-22)10-9-23-17-21(13-15-26-23)19-5-3-2-4-6-19/h2-8,11-14,16,18,23,26H,9-10,15,17H2,1H3. The maximum absolute atomic E-state index is 5.25. The van der Waals surface area contributed by atoms with E-state index in [2.05, 4.69) is 71.0 Å². The molecule has 3 heteroatoms. The molecule has 1 N–H and O–H groups in total. The maximum atomic E-state index is 5.25. The molecule has 1 aromatic heterocycles. The van der Waals surface area contributed by atoms with Crippen LogP contribution in [0.25, 0.3) is 16.7 Å². The van der Waals surface area contributed by atoms with Crippen LogP contribution in [0.2, 0.25) is 0 Å². The van der Waals surface area contributed by atoms with Gasteiger partial charge in [0.05, 0.1) is 7.11 Å². The number of benzene rings is 2. The summed E-state index contributed by atoms with van der Waals surface area (Å²) in [5.74, 6) is 0.878. The number of aryl methyl sites for hydroxylation is 1. The Labute approximate surface area is 167 Å². The Morgan fingerprint density at radius 2 is 1.79 bits per heavy atom. The van der Waals surface area contributed by atoms with Gasteiger partial charge >= 0.3 is 0 Å². The Bertz CT molecular complexity index is 932. The van der Waals surface area contributed by atoms with Gasteiger partial charge in [0.2, 0.25) is 0 Å². The summed E-state index contributed by atoms with van der Waals surface area (Å²) in [7, 11) is 1.69. The lowest BCUT2D eigenvalue weighted by Crippen LogP contribution is -2.33. The summed E-state index contributed by atoms with van der Waals surface area (Å²) in [6.07, 6.45) is 7.36. The summed E-state index contributed by atoms with van der Waals surface area (Å²) in [6.45, 7) is 0.939. The largest absolute Gasteiger partial charge is 0.497 e. The van der Waals surface area contributed by atoms with E-state index in [4.69, 9.17) is 4.74 Å². The average molecular weight is 370 g/mol. The van der Waals surface area contributed by atoms with E-state index in [1.165, 1.54) is 22.3 Å². The topological polar surface area (TPSA) is 34.1 Å². The molecule has 4 rings (SSSR count). The molecule has 3 aromatic rings. The van der Waals surface area contributed by atoms with Gasteiger partial charge in [-0.15, -0.1) is 0 Å². The number of hydrogen-bond acceptors (Lipinski definition) is 3. The van der Waals surface area contributed by atoms with Crippen molar-refractivity contribution in [2.45, 2.75) is 25.3 Å². The van der Waals surface area contributed by atoms with E-state index in [1.54, 1.807) is 7.11 Å². The molecule has 0 aliphatic carbocycles. The normalized spacial score (nSPS) is 16.5. The second-order valence-corrected chi connectivity index (χ2v) is 7.21. The lowest BCUT2D eigenvalue weighted by molar-refractivity contribution is 0.415. The molecule has 3 nitrogen and oxygen atoms in total. The first-order valence-electron chi connectivity index (χ1n) is 9.89. The third kappa shape index (κ3) is 4.49. The molecular weight excluding hydrogens is 344 g/mol. The molecule has 28 heavy (non-hydrogen) atoms. The predicted molar refractivity (Wildman–Crippen MR) is 115 cm³/mol. The highest BCUT2D eigenvalue weighted by atomic mass is 16.5. The lowest BCUT2D eigenvalue weighted by atomic mass is 9.92. The Morgan fingerprint density at radius 3 is 2.57 bits per heavy atom. The van der Waals surface area contributed by atoms with Gasteiger partial charge in [-0.25, -0.2) is 0 Å². The maximum Gasteiger partial charge on any atom is 0.118 e. The van der Waals surface area contributed by atoms with E-state index >= 15 is 0 Å². The number of aromatic nitrogens is 1. The predicted octanol–water partition coefficient (Wildman–Crippen LogP) is 5.14. The van der Waals surface area contributed by atoms with Crippen LogP contribution in [0.4, 0.5) is 0 Å². The molecule has 2 aromatic carbocycles. The molecule has 0 fully saturated rings. The molecule has 0 radical (unpaired) electrons. The first-order chi connectivity index (χ1) is 13.8. The van der Waals surface area contributed by atoms with E-state index in [1.807, 2.05) is 18.3 Å². The van der Waals surface area contributed by atoms with Crippen molar-refractivity contribution in [2.24, 2.45) is 0 Å². The number of nitrogens with zero attached hydrogens (tertiary/aromatic N) is 1. The molecule has 1 atom stereocenters. The molecule has 1 aliphatic rings. The second-order valence-electron chi connectivity index (χ2n) is 7.21. The van der Waals surface area contributed by atoms with Crippen LogP contribution in [0.5, 0.6) is 5.75 Å². The quantitative estimate of drug-likeness (QED) is 0.653. The fraction of sp³-hybridized carbons (Fsp3) is 0.240. The van der Waals surface area contributed by atoms with Crippen LogP contribution >= 0.6 is 0 Å². The fourth-order valence-electron chi connectivity index (χ4n) is 3.76.